The Balaban J connectivity index is 1.49. The van der Waals surface area contributed by atoms with Gasteiger partial charge in [-0.2, -0.15) is 0 Å². The fourth-order valence-corrected chi connectivity index (χ4v) is 5.31. The van der Waals surface area contributed by atoms with E-state index in [1.807, 2.05) is 6.92 Å². The number of rotatable bonds is 5. The fourth-order valence-electron chi connectivity index (χ4n) is 5.31. The smallest absolute Gasteiger partial charge is 0.406 e. The average Bonchev–Trinajstić information content (AvgIpc) is 3.09. The molecule has 37 heavy (non-hydrogen) atoms. The van der Waals surface area contributed by atoms with Crippen LogP contribution in [0.1, 0.15) is 37.4 Å². The molecule has 1 aliphatic heterocycles. The Hall–Kier alpha value is -3.56. The maximum Gasteiger partial charge on any atom is 0.573 e. The Bertz CT molecular complexity index is 1330. The molecule has 0 saturated carbocycles. The molecule has 0 unspecified atom stereocenters. The van der Waals surface area contributed by atoms with Crippen molar-refractivity contribution in [3.05, 3.63) is 100 Å². The van der Waals surface area contributed by atoms with Gasteiger partial charge in [0, 0.05) is 43.9 Å². The number of nitrogens with zero attached hydrogens (tertiary/aromatic N) is 2. The van der Waals surface area contributed by atoms with Crippen LogP contribution in [-0.2, 0) is 12.1 Å². The normalized spacial score (nSPS) is 18.2. The predicted molar refractivity (Wildman–Crippen MR) is 128 cm³/mol. The summed E-state index contributed by atoms with van der Waals surface area (Å²) in [6.07, 6.45) is -4.92. The number of hydrogen-bond acceptors (Lipinski definition) is 5. The van der Waals surface area contributed by atoms with Crippen molar-refractivity contribution in [2.75, 3.05) is 26.2 Å². The quantitative estimate of drug-likeness (QED) is 0.351. The highest BCUT2D eigenvalue weighted by Crippen LogP contribution is 2.44. The minimum atomic E-state index is -4.92. The Kier molecular flexibility index (Phi) is 6.37. The SMILES string of the molecule is Cc1ccc(F)cc1CN1CCN(C2(c3cccc(OC(F)(F)F)c3)C(=O)c3ccccc3C2=O)CC1. The van der Waals surface area contributed by atoms with Gasteiger partial charge in [-0.15, -0.1) is 13.2 Å². The summed E-state index contributed by atoms with van der Waals surface area (Å²) in [5.41, 5.74) is 0.629. The van der Waals surface area contributed by atoms with Crippen molar-refractivity contribution in [3.63, 3.8) is 0 Å². The summed E-state index contributed by atoms with van der Waals surface area (Å²) in [4.78, 5) is 31.7. The summed E-state index contributed by atoms with van der Waals surface area (Å²) in [5, 5.41) is 0. The van der Waals surface area contributed by atoms with E-state index in [-0.39, 0.29) is 22.5 Å². The summed E-state index contributed by atoms with van der Waals surface area (Å²) >= 11 is 0. The molecule has 0 N–H and O–H groups in total. The molecule has 1 fully saturated rings. The molecule has 3 aromatic carbocycles. The van der Waals surface area contributed by atoms with Crippen molar-refractivity contribution in [1.29, 1.82) is 0 Å². The zero-order valence-corrected chi connectivity index (χ0v) is 20.0. The summed E-state index contributed by atoms with van der Waals surface area (Å²) < 4.78 is 56.7. The third-order valence-corrected chi connectivity index (χ3v) is 7.11. The molecule has 5 rings (SSSR count). The van der Waals surface area contributed by atoms with Crippen molar-refractivity contribution >= 4 is 11.6 Å². The van der Waals surface area contributed by atoms with Gasteiger partial charge in [0.05, 0.1) is 0 Å². The van der Waals surface area contributed by atoms with Crippen molar-refractivity contribution in [3.8, 4) is 5.75 Å². The van der Waals surface area contributed by atoms with E-state index in [9.17, 15) is 27.2 Å². The van der Waals surface area contributed by atoms with Crippen LogP contribution in [0.5, 0.6) is 5.75 Å². The lowest BCUT2D eigenvalue weighted by Crippen LogP contribution is -2.60. The minimum absolute atomic E-state index is 0.134. The number of alkyl halides is 3. The van der Waals surface area contributed by atoms with Gasteiger partial charge in [0.2, 0.25) is 0 Å². The molecule has 3 aromatic rings. The lowest BCUT2D eigenvalue weighted by atomic mass is 9.82. The van der Waals surface area contributed by atoms with Crippen LogP contribution in [-0.4, -0.2) is 53.9 Å². The topological polar surface area (TPSA) is 49.9 Å². The van der Waals surface area contributed by atoms with E-state index in [0.29, 0.717) is 32.7 Å². The zero-order chi connectivity index (χ0) is 26.4. The van der Waals surface area contributed by atoms with Gasteiger partial charge >= 0.3 is 6.36 Å². The first-order chi connectivity index (χ1) is 17.6. The number of piperazine rings is 1. The van der Waals surface area contributed by atoms with E-state index >= 15 is 0 Å². The van der Waals surface area contributed by atoms with Crippen LogP contribution in [0, 0.1) is 12.7 Å². The number of ether oxygens (including phenoxy) is 1. The van der Waals surface area contributed by atoms with E-state index in [4.69, 9.17) is 0 Å². The molecular weight excluding hydrogens is 488 g/mol. The van der Waals surface area contributed by atoms with E-state index in [2.05, 4.69) is 9.64 Å². The maximum absolute atomic E-state index is 13.9. The lowest BCUT2D eigenvalue weighted by Gasteiger charge is -2.44. The van der Waals surface area contributed by atoms with Gasteiger partial charge in [-0.3, -0.25) is 19.4 Å². The number of ketones is 2. The molecule has 192 valence electrons. The molecule has 0 bridgehead atoms. The van der Waals surface area contributed by atoms with Crippen LogP contribution in [0.15, 0.2) is 66.7 Å². The third kappa shape index (κ3) is 4.53. The molecule has 1 saturated heterocycles. The number of carbonyl (C=O) groups is 2. The molecule has 0 spiro atoms. The third-order valence-electron chi connectivity index (χ3n) is 7.11. The van der Waals surface area contributed by atoms with Crippen LogP contribution in [0.25, 0.3) is 0 Å². The molecule has 0 aromatic heterocycles. The second kappa shape index (κ2) is 9.39. The minimum Gasteiger partial charge on any atom is -0.406 e. The highest BCUT2D eigenvalue weighted by Gasteiger charge is 2.58. The molecule has 0 amide bonds. The van der Waals surface area contributed by atoms with Crippen LogP contribution < -0.4 is 4.74 Å². The standard InChI is InChI=1S/C28H24F4N2O3/c1-18-9-10-21(29)15-19(18)17-33-11-13-34(14-12-33)27(20-5-4-6-22(16-20)37-28(30,31)32)25(35)23-7-2-3-8-24(23)26(27)36/h2-10,15-16H,11-14,17H2,1H3. The van der Waals surface area contributed by atoms with Gasteiger partial charge in [0.15, 0.2) is 17.1 Å². The van der Waals surface area contributed by atoms with E-state index in [1.165, 1.54) is 24.3 Å². The van der Waals surface area contributed by atoms with Crippen LogP contribution in [0.3, 0.4) is 0 Å². The highest BCUT2D eigenvalue weighted by atomic mass is 19.4. The number of carbonyl (C=O) groups excluding carboxylic acids is 2. The molecule has 0 radical (unpaired) electrons. The summed E-state index contributed by atoms with van der Waals surface area (Å²) in [6.45, 7) is 3.99. The number of benzene rings is 3. The monoisotopic (exact) mass is 512 g/mol. The van der Waals surface area contributed by atoms with Crippen LogP contribution >= 0.6 is 0 Å². The van der Waals surface area contributed by atoms with Gasteiger partial charge in [0.1, 0.15) is 11.6 Å². The number of hydrogen-bond donors (Lipinski definition) is 0. The first kappa shape index (κ1) is 25.1. The van der Waals surface area contributed by atoms with Crippen molar-refractivity contribution in [2.45, 2.75) is 25.4 Å². The van der Waals surface area contributed by atoms with Gasteiger partial charge in [-0.05, 0) is 47.9 Å². The van der Waals surface area contributed by atoms with Gasteiger partial charge in [-0.1, -0.05) is 42.5 Å². The largest absolute Gasteiger partial charge is 0.573 e. The molecule has 2 aliphatic rings. The maximum atomic E-state index is 13.9. The summed E-state index contributed by atoms with van der Waals surface area (Å²) in [7, 11) is 0. The molecule has 0 atom stereocenters. The Labute approximate surface area is 211 Å². The summed E-state index contributed by atoms with van der Waals surface area (Å²) in [5.74, 6) is -1.75. The van der Waals surface area contributed by atoms with E-state index < -0.39 is 29.2 Å². The van der Waals surface area contributed by atoms with Crippen molar-refractivity contribution in [2.24, 2.45) is 0 Å². The molecule has 1 heterocycles. The van der Waals surface area contributed by atoms with Gasteiger partial charge in [-0.25, -0.2) is 4.39 Å². The first-order valence-corrected chi connectivity index (χ1v) is 11.9. The number of aryl methyl sites for hydroxylation is 1. The Morgan fingerprint density at radius 1 is 0.865 bits per heavy atom. The second-order valence-electron chi connectivity index (χ2n) is 9.32. The van der Waals surface area contributed by atoms with Crippen LogP contribution in [0.4, 0.5) is 17.6 Å². The second-order valence-corrected chi connectivity index (χ2v) is 9.32. The molecule has 9 heteroatoms. The van der Waals surface area contributed by atoms with E-state index in [0.717, 1.165) is 23.3 Å². The Morgan fingerprint density at radius 2 is 1.51 bits per heavy atom. The van der Waals surface area contributed by atoms with Gasteiger partial charge < -0.3 is 4.74 Å². The Morgan fingerprint density at radius 3 is 2.14 bits per heavy atom. The zero-order valence-electron chi connectivity index (χ0n) is 20.0. The first-order valence-electron chi connectivity index (χ1n) is 11.9. The van der Waals surface area contributed by atoms with E-state index in [1.54, 1.807) is 35.2 Å². The van der Waals surface area contributed by atoms with Crippen molar-refractivity contribution in [1.82, 2.24) is 9.80 Å². The number of fused-ring (bicyclic) bond motifs is 1. The molecular formula is C28H24F4N2O3. The lowest BCUT2D eigenvalue weighted by molar-refractivity contribution is -0.274. The highest BCUT2D eigenvalue weighted by molar-refractivity contribution is 6.32. The average molecular weight is 513 g/mol. The van der Waals surface area contributed by atoms with Crippen LogP contribution in [0.2, 0.25) is 0 Å². The fraction of sp³-hybridized carbons (Fsp3) is 0.286. The van der Waals surface area contributed by atoms with Crippen molar-refractivity contribution < 1.29 is 31.9 Å². The predicted octanol–water partition coefficient (Wildman–Crippen LogP) is 5.13. The number of halogens is 4. The molecule has 5 nitrogen and oxygen atoms in total. The number of Topliss-reactive ketones (excluding diaryl/α,β-unsaturated/α-hetero) is 2. The summed E-state index contributed by atoms with van der Waals surface area (Å²) in [6, 6.07) is 16.2. The van der Waals surface area contributed by atoms with Gasteiger partial charge in [0.25, 0.3) is 0 Å². The molecule has 1 aliphatic carbocycles.